The Labute approximate surface area is 133 Å². The minimum Gasteiger partial charge on any atom is -0.306 e. The topological polar surface area (TPSA) is 12.0 Å². The van der Waals surface area contributed by atoms with Gasteiger partial charge in [0.25, 0.3) is 0 Å². The predicted octanol–water partition coefficient (Wildman–Crippen LogP) is 5.30. The molecule has 0 spiro atoms. The van der Waals surface area contributed by atoms with E-state index in [1.165, 1.54) is 44.5 Å². The summed E-state index contributed by atoms with van der Waals surface area (Å²) in [5, 5.41) is 8.25. The molecule has 2 rings (SSSR count). The number of hydrogen-bond acceptors (Lipinski definition) is 2. The average Bonchev–Trinajstić information content (AvgIpc) is 2.88. The van der Waals surface area contributed by atoms with Gasteiger partial charge in [-0.25, -0.2) is 0 Å². The van der Waals surface area contributed by atoms with E-state index in [-0.39, 0.29) is 0 Å². The fourth-order valence-corrected chi connectivity index (χ4v) is 4.08. The van der Waals surface area contributed by atoms with E-state index in [9.17, 15) is 0 Å². The molecule has 0 aliphatic carbocycles. The van der Waals surface area contributed by atoms with Crippen molar-refractivity contribution in [1.82, 2.24) is 5.32 Å². The predicted molar refractivity (Wildman–Crippen MR) is 94.7 cm³/mol. The molecule has 0 radical (unpaired) electrons. The van der Waals surface area contributed by atoms with Crippen LogP contribution in [0.5, 0.6) is 0 Å². The van der Waals surface area contributed by atoms with Crippen molar-refractivity contribution in [3.8, 4) is 0 Å². The van der Waals surface area contributed by atoms with Crippen LogP contribution in [0, 0.1) is 41.5 Å². The van der Waals surface area contributed by atoms with Crippen LogP contribution in [0.4, 0.5) is 0 Å². The minimum atomic E-state index is 0.305. The van der Waals surface area contributed by atoms with E-state index in [1.54, 1.807) is 11.3 Å². The van der Waals surface area contributed by atoms with E-state index in [1.807, 2.05) is 0 Å². The van der Waals surface area contributed by atoms with E-state index in [2.05, 4.69) is 64.5 Å². The zero-order valence-electron chi connectivity index (χ0n) is 14.3. The maximum atomic E-state index is 3.70. The third kappa shape index (κ3) is 2.79. The van der Waals surface area contributed by atoms with Gasteiger partial charge in [-0.05, 0) is 103 Å². The van der Waals surface area contributed by atoms with Crippen molar-refractivity contribution in [2.45, 2.75) is 54.5 Å². The minimum absolute atomic E-state index is 0.305. The van der Waals surface area contributed by atoms with Gasteiger partial charge in [0.1, 0.15) is 0 Å². The summed E-state index contributed by atoms with van der Waals surface area (Å²) in [6.45, 7) is 16.7. The SMILES string of the molecule is CCNC(c1cscc1C)c1c(C)c(C)c(C)c(C)c1C. The molecule has 1 unspecified atom stereocenters. The summed E-state index contributed by atoms with van der Waals surface area (Å²) in [4.78, 5) is 0. The van der Waals surface area contributed by atoms with E-state index >= 15 is 0 Å². The second kappa shape index (κ2) is 6.33. The van der Waals surface area contributed by atoms with Crippen molar-refractivity contribution >= 4 is 11.3 Å². The number of aryl methyl sites for hydroxylation is 1. The Morgan fingerprint density at radius 3 is 1.81 bits per heavy atom. The van der Waals surface area contributed by atoms with Gasteiger partial charge in [-0.3, -0.25) is 0 Å². The van der Waals surface area contributed by atoms with E-state index in [4.69, 9.17) is 0 Å². The fourth-order valence-electron chi connectivity index (χ4n) is 3.20. The van der Waals surface area contributed by atoms with Crippen LogP contribution in [0.1, 0.15) is 57.5 Å². The molecule has 2 heteroatoms. The summed E-state index contributed by atoms with van der Waals surface area (Å²) in [5.74, 6) is 0. The Morgan fingerprint density at radius 1 is 0.857 bits per heavy atom. The van der Waals surface area contributed by atoms with Crippen molar-refractivity contribution in [2.75, 3.05) is 6.54 Å². The molecule has 0 amide bonds. The lowest BCUT2D eigenvalue weighted by atomic mass is 9.84. The highest BCUT2D eigenvalue weighted by molar-refractivity contribution is 7.08. The number of nitrogens with one attached hydrogen (secondary N) is 1. The fraction of sp³-hybridized carbons (Fsp3) is 0.474. The number of rotatable bonds is 4. The van der Waals surface area contributed by atoms with Gasteiger partial charge in [0, 0.05) is 0 Å². The first-order valence-corrected chi connectivity index (χ1v) is 8.67. The smallest absolute Gasteiger partial charge is 0.0592 e. The average molecular weight is 301 g/mol. The summed E-state index contributed by atoms with van der Waals surface area (Å²) in [6, 6.07) is 0.305. The molecule has 0 bridgehead atoms. The molecule has 0 aliphatic rings. The number of benzene rings is 1. The Bertz CT molecular complexity index is 623. The van der Waals surface area contributed by atoms with Crippen LogP contribution < -0.4 is 5.32 Å². The molecule has 1 heterocycles. The molecule has 21 heavy (non-hydrogen) atoms. The molecule has 0 aliphatic heterocycles. The van der Waals surface area contributed by atoms with Crippen molar-refractivity contribution < 1.29 is 0 Å². The second-order valence-corrected chi connectivity index (χ2v) is 6.78. The summed E-state index contributed by atoms with van der Waals surface area (Å²) in [6.07, 6.45) is 0. The van der Waals surface area contributed by atoms with Crippen LogP contribution in [0.25, 0.3) is 0 Å². The molecular weight excluding hydrogens is 274 g/mol. The molecule has 1 aromatic heterocycles. The largest absolute Gasteiger partial charge is 0.306 e. The first kappa shape index (κ1) is 16.3. The first-order chi connectivity index (χ1) is 9.90. The highest BCUT2D eigenvalue weighted by Crippen LogP contribution is 2.35. The van der Waals surface area contributed by atoms with Crippen molar-refractivity contribution in [2.24, 2.45) is 0 Å². The highest BCUT2D eigenvalue weighted by Gasteiger charge is 2.22. The highest BCUT2D eigenvalue weighted by atomic mass is 32.1. The zero-order chi connectivity index (χ0) is 15.7. The molecule has 0 saturated carbocycles. The lowest BCUT2D eigenvalue weighted by Gasteiger charge is -2.26. The third-order valence-electron chi connectivity index (χ3n) is 4.96. The lowest BCUT2D eigenvalue weighted by molar-refractivity contribution is 0.622. The van der Waals surface area contributed by atoms with Crippen LogP contribution in [0.3, 0.4) is 0 Å². The van der Waals surface area contributed by atoms with E-state index in [0.717, 1.165) is 6.54 Å². The van der Waals surface area contributed by atoms with Crippen LogP contribution >= 0.6 is 11.3 Å². The Kier molecular flexibility index (Phi) is 4.90. The molecule has 1 N–H and O–H groups in total. The summed E-state index contributed by atoms with van der Waals surface area (Å²) in [5.41, 5.74) is 11.5. The zero-order valence-corrected chi connectivity index (χ0v) is 15.2. The molecule has 1 nitrogen and oxygen atoms in total. The maximum Gasteiger partial charge on any atom is 0.0592 e. The van der Waals surface area contributed by atoms with Crippen molar-refractivity contribution in [1.29, 1.82) is 0 Å². The maximum absolute atomic E-state index is 3.70. The van der Waals surface area contributed by atoms with Gasteiger partial charge in [0.05, 0.1) is 6.04 Å². The second-order valence-electron chi connectivity index (χ2n) is 6.04. The molecule has 1 aromatic carbocycles. The van der Waals surface area contributed by atoms with Crippen LogP contribution in [0.2, 0.25) is 0 Å². The summed E-state index contributed by atoms with van der Waals surface area (Å²) in [7, 11) is 0. The van der Waals surface area contributed by atoms with Crippen molar-refractivity contribution in [3.63, 3.8) is 0 Å². The molecule has 114 valence electrons. The molecule has 1 atom stereocenters. The molecule has 0 saturated heterocycles. The quantitative estimate of drug-likeness (QED) is 0.808. The summed E-state index contributed by atoms with van der Waals surface area (Å²) >= 11 is 1.80. The molecule has 0 fully saturated rings. The van der Waals surface area contributed by atoms with Gasteiger partial charge in [0.15, 0.2) is 0 Å². The molecule has 2 aromatic rings. The molecular formula is C19H27NS. The van der Waals surface area contributed by atoms with Gasteiger partial charge in [-0.2, -0.15) is 11.3 Å². The lowest BCUT2D eigenvalue weighted by Crippen LogP contribution is -2.24. The Morgan fingerprint density at radius 2 is 1.38 bits per heavy atom. The van der Waals surface area contributed by atoms with Crippen LogP contribution in [-0.4, -0.2) is 6.54 Å². The van der Waals surface area contributed by atoms with Gasteiger partial charge in [0.2, 0.25) is 0 Å². The third-order valence-corrected chi connectivity index (χ3v) is 5.84. The van der Waals surface area contributed by atoms with Gasteiger partial charge < -0.3 is 5.32 Å². The van der Waals surface area contributed by atoms with Crippen LogP contribution in [0.15, 0.2) is 10.8 Å². The Balaban J connectivity index is 2.70. The summed E-state index contributed by atoms with van der Waals surface area (Å²) < 4.78 is 0. The van der Waals surface area contributed by atoms with Gasteiger partial charge in [-0.15, -0.1) is 0 Å². The number of thiophene rings is 1. The van der Waals surface area contributed by atoms with Crippen molar-refractivity contribution in [3.05, 3.63) is 55.3 Å². The standard InChI is InChI=1S/C19H27NS/c1-8-20-19(17-10-21-9-11(17)2)18-15(6)13(4)12(3)14(5)16(18)7/h9-10,19-20H,8H2,1-7H3. The normalized spacial score (nSPS) is 12.7. The van der Waals surface area contributed by atoms with E-state index in [0.29, 0.717) is 6.04 Å². The number of hydrogen-bond donors (Lipinski definition) is 1. The van der Waals surface area contributed by atoms with Gasteiger partial charge >= 0.3 is 0 Å². The van der Waals surface area contributed by atoms with Gasteiger partial charge in [-0.1, -0.05) is 6.92 Å². The van der Waals surface area contributed by atoms with Crippen LogP contribution in [-0.2, 0) is 0 Å². The Hall–Kier alpha value is -1.12. The first-order valence-electron chi connectivity index (χ1n) is 7.73. The monoisotopic (exact) mass is 301 g/mol. The van der Waals surface area contributed by atoms with E-state index < -0.39 is 0 Å².